The molecule has 1 amide bonds. The third-order valence-corrected chi connectivity index (χ3v) is 3.75. The lowest BCUT2D eigenvalue weighted by molar-refractivity contribution is -0.147. The number of hydrogen-bond donors (Lipinski definition) is 1. The Labute approximate surface area is 144 Å². The number of esters is 1. The molecule has 0 saturated carbocycles. The van der Waals surface area contributed by atoms with Gasteiger partial charge in [-0.2, -0.15) is 0 Å². The molecule has 2 aromatic rings. The van der Waals surface area contributed by atoms with Gasteiger partial charge in [0.1, 0.15) is 12.6 Å². The van der Waals surface area contributed by atoms with E-state index in [9.17, 15) is 9.59 Å². The van der Waals surface area contributed by atoms with Crippen LogP contribution in [0.4, 0.5) is 0 Å². The summed E-state index contributed by atoms with van der Waals surface area (Å²) in [5, 5.41) is 3.56. The minimum Gasteiger partial charge on any atom is -0.456 e. The number of ether oxygens (including phenoxy) is 1. The Hall–Kier alpha value is -2.04. The minimum absolute atomic E-state index is 0.226. The van der Waals surface area contributed by atoms with E-state index in [0.29, 0.717) is 21.2 Å². The van der Waals surface area contributed by atoms with Crippen molar-refractivity contribution in [3.05, 3.63) is 69.7 Å². The molecular weight excluding hydrogens is 337 g/mol. The van der Waals surface area contributed by atoms with Crippen LogP contribution in [-0.4, -0.2) is 18.4 Å². The molecule has 1 N–H and O–H groups in total. The molecule has 0 spiro atoms. The molecule has 0 heterocycles. The molecule has 2 aromatic carbocycles. The summed E-state index contributed by atoms with van der Waals surface area (Å²) < 4.78 is 5.26. The third kappa shape index (κ3) is 4.98. The molecule has 0 aliphatic carbocycles. The standard InChI is InChI=1S/C17H15Cl2NO3/c1-11(14-4-2-3-5-15(14)19)23-16(21)10-20-17(22)12-6-8-13(18)9-7-12/h2-9,11H,10H2,1H3,(H,20,22)/t11-/m0/s1. The summed E-state index contributed by atoms with van der Waals surface area (Å²) in [4.78, 5) is 23.7. The number of carbonyl (C=O) groups is 2. The quantitative estimate of drug-likeness (QED) is 0.827. The average molecular weight is 352 g/mol. The van der Waals surface area contributed by atoms with E-state index in [-0.39, 0.29) is 12.5 Å². The van der Waals surface area contributed by atoms with Gasteiger partial charge in [0.15, 0.2) is 0 Å². The van der Waals surface area contributed by atoms with E-state index in [0.717, 1.165) is 0 Å². The Morgan fingerprint density at radius 2 is 1.74 bits per heavy atom. The number of halogens is 2. The number of nitrogens with one attached hydrogen (secondary N) is 1. The molecule has 0 saturated heterocycles. The first-order chi connectivity index (χ1) is 11.0. The molecule has 0 unspecified atom stereocenters. The zero-order valence-electron chi connectivity index (χ0n) is 12.4. The first kappa shape index (κ1) is 17.3. The maximum absolute atomic E-state index is 11.9. The van der Waals surface area contributed by atoms with E-state index in [4.69, 9.17) is 27.9 Å². The molecule has 6 heteroatoms. The van der Waals surface area contributed by atoms with Crippen LogP contribution in [0.3, 0.4) is 0 Å². The van der Waals surface area contributed by atoms with E-state index in [1.807, 2.05) is 6.07 Å². The van der Waals surface area contributed by atoms with E-state index in [2.05, 4.69) is 5.32 Å². The number of benzene rings is 2. The van der Waals surface area contributed by atoms with Gasteiger partial charge in [0, 0.05) is 21.2 Å². The summed E-state index contributed by atoms with van der Waals surface area (Å²) in [6, 6.07) is 13.5. The lowest BCUT2D eigenvalue weighted by atomic mass is 10.1. The smallest absolute Gasteiger partial charge is 0.326 e. The van der Waals surface area contributed by atoms with Crippen LogP contribution < -0.4 is 5.32 Å². The van der Waals surface area contributed by atoms with Crippen molar-refractivity contribution in [3.8, 4) is 0 Å². The summed E-state index contributed by atoms with van der Waals surface area (Å²) >= 11 is 11.8. The van der Waals surface area contributed by atoms with Crippen LogP contribution in [0.15, 0.2) is 48.5 Å². The largest absolute Gasteiger partial charge is 0.456 e. The Morgan fingerprint density at radius 1 is 1.09 bits per heavy atom. The van der Waals surface area contributed by atoms with Crippen LogP contribution in [0, 0.1) is 0 Å². The highest BCUT2D eigenvalue weighted by Gasteiger charge is 2.15. The molecule has 23 heavy (non-hydrogen) atoms. The van der Waals surface area contributed by atoms with Gasteiger partial charge < -0.3 is 10.1 Å². The molecule has 0 aliphatic heterocycles. The Balaban J connectivity index is 1.86. The summed E-state index contributed by atoms with van der Waals surface area (Å²) in [7, 11) is 0. The second-order valence-electron chi connectivity index (χ2n) is 4.84. The second kappa shape index (κ2) is 7.99. The minimum atomic E-state index is -0.542. The van der Waals surface area contributed by atoms with Gasteiger partial charge in [-0.25, -0.2) is 0 Å². The first-order valence-corrected chi connectivity index (χ1v) is 7.70. The number of hydrogen-bond acceptors (Lipinski definition) is 3. The summed E-state index contributed by atoms with van der Waals surface area (Å²) in [6.07, 6.45) is -0.497. The topological polar surface area (TPSA) is 55.4 Å². The maximum Gasteiger partial charge on any atom is 0.326 e. The molecule has 4 nitrogen and oxygen atoms in total. The van der Waals surface area contributed by atoms with E-state index in [1.165, 1.54) is 0 Å². The Morgan fingerprint density at radius 3 is 2.39 bits per heavy atom. The van der Waals surface area contributed by atoms with Gasteiger partial charge in [-0.15, -0.1) is 0 Å². The predicted octanol–water partition coefficient (Wildman–Crippen LogP) is 4.03. The summed E-state index contributed by atoms with van der Waals surface area (Å²) in [5.74, 6) is -0.913. The monoisotopic (exact) mass is 351 g/mol. The van der Waals surface area contributed by atoms with Crippen molar-refractivity contribution in [2.45, 2.75) is 13.0 Å². The SMILES string of the molecule is C[C@H](OC(=O)CNC(=O)c1ccc(Cl)cc1)c1ccccc1Cl. The second-order valence-corrected chi connectivity index (χ2v) is 5.69. The van der Waals surface area contributed by atoms with Crippen LogP contribution in [0.5, 0.6) is 0 Å². The van der Waals surface area contributed by atoms with Crippen molar-refractivity contribution in [3.63, 3.8) is 0 Å². The number of carbonyl (C=O) groups excluding carboxylic acids is 2. The normalized spacial score (nSPS) is 11.6. The lowest BCUT2D eigenvalue weighted by Crippen LogP contribution is -2.31. The van der Waals surface area contributed by atoms with Crippen molar-refractivity contribution < 1.29 is 14.3 Å². The Kier molecular flexibility index (Phi) is 6.02. The van der Waals surface area contributed by atoms with Gasteiger partial charge >= 0.3 is 5.97 Å². The van der Waals surface area contributed by atoms with E-state index >= 15 is 0 Å². The van der Waals surface area contributed by atoms with Crippen LogP contribution >= 0.6 is 23.2 Å². The van der Waals surface area contributed by atoms with Crippen LogP contribution in [0.25, 0.3) is 0 Å². The zero-order valence-corrected chi connectivity index (χ0v) is 13.9. The highest BCUT2D eigenvalue weighted by Crippen LogP contribution is 2.24. The molecule has 0 aromatic heterocycles. The number of rotatable bonds is 5. The highest BCUT2D eigenvalue weighted by molar-refractivity contribution is 6.31. The van der Waals surface area contributed by atoms with E-state index in [1.54, 1.807) is 49.4 Å². The number of amides is 1. The fraction of sp³-hybridized carbons (Fsp3) is 0.176. The van der Waals surface area contributed by atoms with Crippen molar-refractivity contribution in [1.82, 2.24) is 5.32 Å². The van der Waals surface area contributed by atoms with Crippen molar-refractivity contribution in [1.29, 1.82) is 0 Å². The molecular formula is C17H15Cl2NO3. The van der Waals surface area contributed by atoms with Crippen molar-refractivity contribution in [2.75, 3.05) is 6.54 Å². The van der Waals surface area contributed by atoms with Crippen molar-refractivity contribution in [2.24, 2.45) is 0 Å². The fourth-order valence-corrected chi connectivity index (χ4v) is 2.38. The molecule has 0 bridgehead atoms. The van der Waals surface area contributed by atoms with Gasteiger partial charge in [0.2, 0.25) is 0 Å². The molecule has 2 rings (SSSR count). The lowest BCUT2D eigenvalue weighted by Gasteiger charge is -2.15. The molecule has 0 aliphatic rings. The summed E-state index contributed by atoms with van der Waals surface area (Å²) in [6.45, 7) is 1.50. The van der Waals surface area contributed by atoms with Gasteiger partial charge in [-0.05, 0) is 37.3 Å². The Bertz CT molecular complexity index is 701. The van der Waals surface area contributed by atoms with Crippen LogP contribution in [0.2, 0.25) is 10.0 Å². The van der Waals surface area contributed by atoms with Gasteiger partial charge in [0.25, 0.3) is 5.91 Å². The molecule has 120 valence electrons. The molecule has 1 atom stereocenters. The predicted molar refractivity (Wildman–Crippen MR) is 89.7 cm³/mol. The molecule has 0 radical (unpaired) electrons. The van der Waals surface area contributed by atoms with Gasteiger partial charge in [-0.1, -0.05) is 41.4 Å². The van der Waals surface area contributed by atoms with Crippen molar-refractivity contribution >= 4 is 35.1 Å². The van der Waals surface area contributed by atoms with Crippen LogP contribution in [0.1, 0.15) is 28.9 Å². The van der Waals surface area contributed by atoms with E-state index < -0.39 is 12.1 Å². The van der Waals surface area contributed by atoms with Crippen LogP contribution in [-0.2, 0) is 9.53 Å². The maximum atomic E-state index is 11.9. The third-order valence-electron chi connectivity index (χ3n) is 3.15. The first-order valence-electron chi connectivity index (χ1n) is 6.95. The summed E-state index contributed by atoms with van der Waals surface area (Å²) in [5.41, 5.74) is 1.13. The zero-order chi connectivity index (χ0) is 16.8. The van der Waals surface area contributed by atoms with Gasteiger partial charge in [0.05, 0.1) is 0 Å². The van der Waals surface area contributed by atoms with Gasteiger partial charge in [-0.3, -0.25) is 9.59 Å². The molecule has 0 fully saturated rings. The highest BCUT2D eigenvalue weighted by atomic mass is 35.5. The average Bonchev–Trinajstić information content (AvgIpc) is 2.53. The fourth-order valence-electron chi connectivity index (χ4n) is 1.96.